The van der Waals surface area contributed by atoms with Crippen LogP contribution in [-0.4, -0.2) is 25.3 Å². The summed E-state index contributed by atoms with van der Waals surface area (Å²) in [6, 6.07) is 13.2. The van der Waals surface area contributed by atoms with Crippen LogP contribution in [0.4, 0.5) is 10.5 Å². The third-order valence-corrected chi connectivity index (χ3v) is 3.64. The van der Waals surface area contributed by atoms with Gasteiger partial charge in [0.25, 0.3) is 0 Å². The van der Waals surface area contributed by atoms with E-state index in [9.17, 15) is 4.79 Å². The molecule has 0 aromatic heterocycles. The predicted octanol–water partition coefficient (Wildman–Crippen LogP) is 3.91. The Bertz CT molecular complexity index is 668. The number of carbonyl (C=O) groups is 1. The van der Waals surface area contributed by atoms with E-state index in [1.807, 2.05) is 12.1 Å². The van der Waals surface area contributed by atoms with Crippen LogP contribution in [0.3, 0.4) is 0 Å². The maximum Gasteiger partial charge on any atom is 0.345 e. The molecule has 0 spiro atoms. The number of nitrogens with zero attached hydrogens (tertiary/aromatic N) is 1. The number of amides is 2. The second-order valence-electron chi connectivity index (χ2n) is 5.34. The maximum atomic E-state index is 11.7. The van der Waals surface area contributed by atoms with Crippen LogP contribution in [0.1, 0.15) is 16.7 Å². The number of aryl methyl sites for hydroxylation is 2. The zero-order valence-corrected chi connectivity index (χ0v) is 13.9. The van der Waals surface area contributed by atoms with Crippen LogP contribution in [0.25, 0.3) is 0 Å². The highest BCUT2D eigenvalue weighted by Gasteiger charge is 2.07. The Labute approximate surface area is 136 Å². The summed E-state index contributed by atoms with van der Waals surface area (Å²) in [5, 5.41) is 3.83. The van der Waals surface area contributed by atoms with Gasteiger partial charge in [-0.1, -0.05) is 18.2 Å². The Morgan fingerprint density at radius 3 is 2.39 bits per heavy atom. The molecule has 0 heterocycles. The van der Waals surface area contributed by atoms with E-state index < -0.39 is 0 Å². The van der Waals surface area contributed by atoms with Crippen LogP contribution in [-0.2, 0) is 11.4 Å². The smallest absolute Gasteiger partial charge is 0.345 e. The minimum absolute atomic E-state index is 0.337. The van der Waals surface area contributed by atoms with E-state index in [1.165, 1.54) is 25.3 Å². The molecular formula is C18H22N2O3. The molecule has 5 nitrogen and oxygen atoms in total. The van der Waals surface area contributed by atoms with E-state index in [2.05, 4.69) is 37.4 Å². The second-order valence-corrected chi connectivity index (χ2v) is 5.34. The first-order chi connectivity index (χ1) is 11.0. The van der Waals surface area contributed by atoms with Gasteiger partial charge in [0.15, 0.2) is 0 Å². The van der Waals surface area contributed by atoms with E-state index in [4.69, 9.17) is 9.57 Å². The number of anilines is 1. The third kappa shape index (κ3) is 4.72. The Hall–Kier alpha value is -2.53. The minimum Gasteiger partial charge on any atom is -0.489 e. The molecule has 2 aromatic rings. The van der Waals surface area contributed by atoms with Crippen LogP contribution in [0.15, 0.2) is 42.5 Å². The molecule has 122 valence electrons. The van der Waals surface area contributed by atoms with Crippen molar-refractivity contribution in [3.63, 3.8) is 0 Å². The number of carbonyl (C=O) groups excluding carboxylic acids is 1. The summed E-state index contributed by atoms with van der Waals surface area (Å²) < 4.78 is 5.77. The number of hydroxylamine groups is 2. The lowest BCUT2D eigenvalue weighted by molar-refractivity contribution is -0.0598. The van der Waals surface area contributed by atoms with Gasteiger partial charge in [-0.2, -0.15) is 0 Å². The van der Waals surface area contributed by atoms with E-state index in [-0.39, 0.29) is 6.03 Å². The first-order valence-corrected chi connectivity index (χ1v) is 7.37. The zero-order chi connectivity index (χ0) is 16.8. The van der Waals surface area contributed by atoms with Gasteiger partial charge in [0.1, 0.15) is 12.4 Å². The lowest BCUT2D eigenvalue weighted by Gasteiger charge is -2.15. The largest absolute Gasteiger partial charge is 0.489 e. The van der Waals surface area contributed by atoms with Crippen molar-refractivity contribution in [2.45, 2.75) is 20.5 Å². The summed E-state index contributed by atoms with van der Waals surface area (Å²) in [5.41, 5.74) is 4.34. The Morgan fingerprint density at radius 2 is 1.78 bits per heavy atom. The molecule has 2 rings (SSSR count). The van der Waals surface area contributed by atoms with Crippen molar-refractivity contribution in [3.05, 3.63) is 59.2 Å². The molecule has 0 saturated heterocycles. The van der Waals surface area contributed by atoms with Gasteiger partial charge in [-0.15, -0.1) is 0 Å². The average molecular weight is 314 g/mol. The molecule has 0 saturated carbocycles. The van der Waals surface area contributed by atoms with Gasteiger partial charge < -0.3 is 10.1 Å². The van der Waals surface area contributed by atoms with E-state index >= 15 is 0 Å². The van der Waals surface area contributed by atoms with Crippen LogP contribution >= 0.6 is 0 Å². The van der Waals surface area contributed by atoms with E-state index in [0.29, 0.717) is 12.3 Å². The van der Waals surface area contributed by atoms with Crippen LogP contribution in [0.5, 0.6) is 5.75 Å². The van der Waals surface area contributed by atoms with Gasteiger partial charge in [0, 0.05) is 12.7 Å². The molecule has 0 aliphatic heterocycles. The van der Waals surface area contributed by atoms with Crippen molar-refractivity contribution in [3.8, 4) is 5.75 Å². The summed E-state index contributed by atoms with van der Waals surface area (Å²) >= 11 is 0. The summed E-state index contributed by atoms with van der Waals surface area (Å²) in [6.07, 6.45) is 0. The van der Waals surface area contributed by atoms with Gasteiger partial charge >= 0.3 is 6.03 Å². The molecule has 0 aliphatic rings. The Kier molecular flexibility index (Phi) is 5.60. The number of ether oxygens (including phenoxy) is 1. The molecule has 0 atom stereocenters. The fourth-order valence-corrected chi connectivity index (χ4v) is 1.98. The maximum absolute atomic E-state index is 11.7. The lowest BCUT2D eigenvalue weighted by atomic mass is 10.1. The normalized spacial score (nSPS) is 10.3. The summed E-state index contributed by atoms with van der Waals surface area (Å²) in [5.74, 6) is 0.751. The molecule has 2 amide bonds. The van der Waals surface area contributed by atoms with Crippen molar-refractivity contribution in [2.75, 3.05) is 19.5 Å². The SMILES string of the molecule is CON(C)C(=O)Nc1ccc(OCc2ccc(C)c(C)c2)cc1. The predicted molar refractivity (Wildman–Crippen MR) is 90.5 cm³/mol. The molecule has 0 radical (unpaired) electrons. The Balaban J connectivity index is 1.92. The standard InChI is InChI=1S/C18H22N2O3/c1-13-5-6-15(11-14(13)2)12-23-17-9-7-16(8-10-17)19-18(21)20(3)22-4/h5-11H,12H2,1-4H3,(H,19,21). The molecule has 0 bridgehead atoms. The highest BCUT2D eigenvalue weighted by Crippen LogP contribution is 2.18. The molecular weight excluding hydrogens is 292 g/mol. The number of nitrogens with one attached hydrogen (secondary N) is 1. The zero-order valence-electron chi connectivity index (χ0n) is 13.9. The lowest BCUT2D eigenvalue weighted by Crippen LogP contribution is -2.30. The number of hydrogen-bond acceptors (Lipinski definition) is 3. The number of benzene rings is 2. The molecule has 0 aliphatic carbocycles. The third-order valence-electron chi connectivity index (χ3n) is 3.64. The second kappa shape index (κ2) is 7.65. The van der Waals surface area contributed by atoms with Gasteiger partial charge in [0.05, 0.1) is 7.11 Å². The van der Waals surface area contributed by atoms with Crippen molar-refractivity contribution >= 4 is 11.7 Å². The van der Waals surface area contributed by atoms with E-state index in [0.717, 1.165) is 16.4 Å². The number of rotatable bonds is 5. The highest BCUT2D eigenvalue weighted by atomic mass is 16.7. The Morgan fingerprint density at radius 1 is 1.09 bits per heavy atom. The van der Waals surface area contributed by atoms with Crippen molar-refractivity contribution < 1.29 is 14.4 Å². The van der Waals surface area contributed by atoms with Gasteiger partial charge in [-0.05, 0) is 54.8 Å². The highest BCUT2D eigenvalue weighted by molar-refractivity contribution is 5.88. The molecule has 0 unspecified atom stereocenters. The minimum atomic E-state index is -0.337. The number of urea groups is 1. The van der Waals surface area contributed by atoms with Crippen molar-refractivity contribution in [1.29, 1.82) is 0 Å². The number of hydrogen-bond donors (Lipinski definition) is 1. The first kappa shape index (κ1) is 16.8. The summed E-state index contributed by atoms with van der Waals surface area (Å²) in [6.45, 7) is 4.70. The van der Waals surface area contributed by atoms with Crippen LogP contribution < -0.4 is 10.1 Å². The van der Waals surface area contributed by atoms with Crippen molar-refractivity contribution in [1.82, 2.24) is 5.06 Å². The topological polar surface area (TPSA) is 50.8 Å². The van der Waals surface area contributed by atoms with Gasteiger partial charge in [0.2, 0.25) is 0 Å². The molecule has 23 heavy (non-hydrogen) atoms. The average Bonchev–Trinajstić information content (AvgIpc) is 2.56. The fourth-order valence-electron chi connectivity index (χ4n) is 1.98. The monoisotopic (exact) mass is 314 g/mol. The van der Waals surface area contributed by atoms with Crippen molar-refractivity contribution in [2.24, 2.45) is 0 Å². The quantitative estimate of drug-likeness (QED) is 0.851. The summed E-state index contributed by atoms with van der Waals surface area (Å²) in [7, 11) is 2.97. The molecule has 0 fully saturated rings. The molecule has 2 aromatic carbocycles. The van der Waals surface area contributed by atoms with Gasteiger partial charge in [-0.25, -0.2) is 9.86 Å². The fraction of sp³-hybridized carbons (Fsp3) is 0.278. The molecule has 1 N–H and O–H groups in total. The van der Waals surface area contributed by atoms with Crippen LogP contribution in [0.2, 0.25) is 0 Å². The van der Waals surface area contributed by atoms with E-state index in [1.54, 1.807) is 12.1 Å². The van der Waals surface area contributed by atoms with Crippen LogP contribution in [0, 0.1) is 13.8 Å². The summed E-state index contributed by atoms with van der Waals surface area (Å²) in [4.78, 5) is 16.5. The molecule has 5 heteroatoms. The first-order valence-electron chi connectivity index (χ1n) is 7.37. The van der Waals surface area contributed by atoms with Gasteiger partial charge in [-0.3, -0.25) is 4.84 Å².